The van der Waals surface area contributed by atoms with Gasteiger partial charge in [0.1, 0.15) is 0 Å². The first kappa shape index (κ1) is 11.7. The van der Waals surface area contributed by atoms with Gasteiger partial charge < -0.3 is 9.84 Å². The van der Waals surface area contributed by atoms with Crippen LogP contribution < -0.4 is 0 Å². The van der Waals surface area contributed by atoms with Gasteiger partial charge in [0.05, 0.1) is 7.11 Å². The highest BCUT2D eigenvalue weighted by atomic mass is 16.5. The van der Waals surface area contributed by atoms with Crippen molar-refractivity contribution in [2.24, 2.45) is 5.41 Å². The average Bonchev–Trinajstić information content (AvgIpc) is 2.01. The van der Waals surface area contributed by atoms with Crippen molar-refractivity contribution < 1.29 is 19.4 Å². The highest BCUT2D eigenvalue weighted by molar-refractivity contribution is 5.98. The van der Waals surface area contributed by atoms with Crippen LogP contribution >= 0.6 is 0 Å². The number of esters is 1. The Kier molecular flexibility index (Phi) is 3.66. The second-order valence-corrected chi connectivity index (χ2v) is 3.26. The number of hydrogen-bond donors (Lipinski definition) is 1. The molecule has 0 radical (unpaired) electrons. The van der Waals surface area contributed by atoms with Crippen molar-refractivity contribution in [2.45, 2.75) is 20.3 Å². The van der Waals surface area contributed by atoms with Crippen molar-refractivity contribution in [3.8, 4) is 0 Å². The summed E-state index contributed by atoms with van der Waals surface area (Å²) in [4.78, 5) is 22.0. The number of hydrogen-bond acceptors (Lipinski definition) is 3. The predicted octanol–water partition coefficient (Wildman–Crippen LogP) is 1.22. The lowest BCUT2D eigenvalue weighted by atomic mass is 9.84. The molecule has 4 heteroatoms. The summed E-state index contributed by atoms with van der Waals surface area (Å²) < 4.78 is 4.42. The second kappa shape index (κ2) is 4.07. The molecule has 1 unspecified atom stereocenters. The molecule has 0 amide bonds. The lowest BCUT2D eigenvalue weighted by Crippen LogP contribution is -2.37. The molecule has 0 saturated carbocycles. The van der Waals surface area contributed by atoms with Crippen LogP contribution in [0.25, 0.3) is 0 Å². The molecule has 0 bridgehead atoms. The van der Waals surface area contributed by atoms with E-state index in [-0.39, 0.29) is 6.42 Å². The van der Waals surface area contributed by atoms with Crippen LogP contribution in [-0.2, 0) is 14.3 Å². The first-order valence-corrected chi connectivity index (χ1v) is 3.80. The summed E-state index contributed by atoms with van der Waals surface area (Å²) in [7, 11) is 1.17. The summed E-state index contributed by atoms with van der Waals surface area (Å²) in [5, 5.41) is 8.84. The molecule has 1 N–H and O–H groups in total. The number of allylic oxidation sites excluding steroid dienone is 1. The third kappa shape index (κ3) is 2.57. The molecule has 0 saturated heterocycles. The van der Waals surface area contributed by atoms with Crippen molar-refractivity contribution in [3.05, 3.63) is 12.2 Å². The van der Waals surface area contributed by atoms with E-state index in [1.54, 1.807) is 6.92 Å². The molecule has 1 atom stereocenters. The zero-order valence-corrected chi connectivity index (χ0v) is 8.09. The molecular weight excluding hydrogens is 172 g/mol. The summed E-state index contributed by atoms with van der Waals surface area (Å²) in [6.45, 7) is 6.57. The minimum Gasteiger partial charge on any atom is -0.480 e. The normalized spacial score (nSPS) is 14.4. The van der Waals surface area contributed by atoms with E-state index in [1.807, 2.05) is 0 Å². The third-order valence-electron chi connectivity index (χ3n) is 1.76. The zero-order valence-electron chi connectivity index (χ0n) is 8.09. The van der Waals surface area contributed by atoms with Crippen LogP contribution in [0.2, 0.25) is 0 Å². The molecule has 0 aliphatic rings. The van der Waals surface area contributed by atoms with Gasteiger partial charge in [-0.3, -0.25) is 9.59 Å². The van der Waals surface area contributed by atoms with Crippen LogP contribution in [0.1, 0.15) is 20.3 Å². The molecule has 0 aromatic rings. The molecule has 13 heavy (non-hydrogen) atoms. The molecule has 0 aliphatic carbocycles. The predicted molar refractivity (Wildman–Crippen MR) is 47.2 cm³/mol. The van der Waals surface area contributed by atoms with E-state index in [4.69, 9.17) is 5.11 Å². The van der Waals surface area contributed by atoms with Crippen molar-refractivity contribution in [1.82, 2.24) is 0 Å². The van der Waals surface area contributed by atoms with Gasteiger partial charge in [-0.15, -0.1) is 6.58 Å². The lowest BCUT2D eigenvalue weighted by molar-refractivity contribution is -0.165. The van der Waals surface area contributed by atoms with Gasteiger partial charge >= 0.3 is 11.9 Å². The first-order chi connectivity index (χ1) is 5.84. The number of carboxylic acids is 1. The van der Waals surface area contributed by atoms with Gasteiger partial charge in [-0.25, -0.2) is 0 Å². The minimum absolute atomic E-state index is 0.0923. The van der Waals surface area contributed by atoms with E-state index in [0.717, 1.165) is 0 Å². The maximum Gasteiger partial charge on any atom is 0.323 e. The fourth-order valence-corrected chi connectivity index (χ4v) is 1.06. The van der Waals surface area contributed by atoms with Crippen LogP contribution in [0.4, 0.5) is 0 Å². The number of carbonyl (C=O) groups is 2. The summed E-state index contributed by atoms with van der Waals surface area (Å²) in [6.07, 6.45) is 0.0923. The topological polar surface area (TPSA) is 63.6 Å². The van der Waals surface area contributed by atoms with Gasteiger partial charge in [0, 0.05) is 0 Å². The van der Waals surface area contributed by atoms with Gasteiger partial charge in [-0.1, -0.05) is 5.57 Å². The third-order valence-corrected chi connectivity index (χ3v) is 1.76. The van der Waals surface area contributed by atoms with Crippen molar-refractivity contribution >= 4 is 11.9 Å². The Hall–Kier alpha value is -1.32. The average molecular weight is 186 g/mol. The Morgan fingerprint density at radius 1 is 1.54 bits per heavy atom. The number of aliphatic carboxylic acids is 1. The molecule has 0 aromatic heterocycles. The molecule has 0 rings (SSSR count). The molecule has 4 nitrogen and oxygen atoms in total. The monoisotopic (exact) mass is 186 g/mol. The fourth-order valence-electron chi connectivity index (χ4n) is 1.06. The largest absolute Gasteiger partial charge is 0.480 e. The standard InChI is InChI=1S/C9H14O4/c1-6(2)5-9(3,7(10)11)8(12)13-4/h1,5H2,2-4H3,(H,10,11). The molecule has 0 fully saturated rings. The van der Waals surface area contributed by atoms with E-state index >= 15 is 0 Å². The van der Waals surface area contributed by atoms with E-state index in [0.29, 0.717) is 5.57 Å². The van der Waals surface area contributed by atoms with E-state index < -0.39 is 17.4 Å². The maximum atomic E-state index is 11.2. The van der Waals surface area contributed by atoms with E-state index in [2.05, 4.69) is 11.3 Å². The van der Waals surface area contributed by atoms with Crippen molar-refractivity contribution in [3.63, 3.8) is 0 Å². The van der Waals surface area contributed by atoms with Gasteiger partial charge in [0.2, 0.25) is 0 Å². The molecule has 0 aliphatic heterocycles. The van der Waals surface area contributed by atoms with Crippen LogP contribution in [0.3, 0.4) is 0 Å². The summed E-state index contributed by atoms with van der Waals surface area (Å²) in [5.41, 5.74) is -0.879. The number of carboxylic acid groups (broad SMARTS) is 1. The summed E-state index contributed by atoms with van der Waals surface area (Å²) in [5.74, 6) is -1.94. The minimum atomic E-state index is -1.51. The number of ether oxygens (including phenoxy) is 1. The summed E-state index contributed by atoms with van der Waals surface area (Å²) in [6, 6.07) is 0. The van der Waals surface area contributed by atoms with Crippen LogP contribution in [-0.4, -0.2) is 24.2 Å². The Labute approximate surface area is 77.2 Å². The van der Waals surface area contributed by atoms with Gasteiger partial charge in [-0.2, -0.15) is 0 Å². The smallest absolute Gasteiger partial charge is 0.323 e. The molecular formula is C9H14O4. The Balaban J connectivity index is 4.83. The van der Waals surface area contributed by atoms with Gasteiger partial charge in [0.25, 0.3) is 0 Å². The number of rotatable bonds is 4. The summed E-state index contributed by atoms with van der Waals surface area (Å²) >= 11 is 0. The van der Waals surface area contributed by atoms with Crippen molar-refractivity contribution in [2.75, 3.05) is 7.11 Å². The molecule has 0 aromatic carbocycles. The van der Waals surface area contributed by atoms with Crippen LogP contribution in [0.15, 0.2) is 12.2 Å². The van der Waals surface area contributed by atoms with Gasteiger partial charge in [-0.05, 0) is 20.3 Å². The van der Waals surface area contributed by atoms with E-state index in [9.17, 15) is 9.59 Å². The quantitative estimate of drug-likeness (QED) is 0.407. The molecule has 0 heterocycles. The highest BCUT2D eigenvalue weighted by Crippen LogP contribution is 2.26. The highest BCUT2D eigenvalue weighted by Gasteiger charge is 2.42. The molecule has 0 spiro atoms. The van der Waals surface area contributed by atoms with Crippen LogP contribution in [0, 0.1) is 5.41 Å². The van der Waals surface area contributed by atoms with Crippen LogP contribution in [0.5, 0.6) is 0 Å². The van der Waals surface area contributed by atoms with Crippen molar-refractivity contribution in [1.29, 1.82) is 0 Å². The Morgan fingerprint density at radius 2 is 2.00 bits per heavy atom. The Morgan fingerprint density at radius 3 is 2.23 bits per heavy atom. The second-order valence-electron chi connectivity index (χ2n) is 3.26. The first-order valence-electron chi connectivity index (χ1n) is 3.80. The maximum absolute atomic E-state index is 11.2. The number of carbonyl (C=O) groups excluding carboxylic acids is 1. The Bertz CT molecular complexity index is 244. The number of methoxy groups -OCH3 is 1. The zero-order chi connectivity index (χ0) is 10.6. The lowest BCUT2D eigenvalue weighted by Gasteiger charge is -2.21. The van der Waals surface area contributed by atoms with Gasteiger partial charge in [0.15, 0.2) is 5.41 Å². The fraction of sp³-hybridized carbons (Fsp3) is 0.556. The van der Waals surface area contributed by atoms with E-state index in [1.165, 1.54) is 14.0 Å². The molecule has 74 valence electrons. The SMILES string of the molecule is C=C(C)CC(C)(C(=O)O)C(=O)OC.